The summed E-state index contributed by atoms with van der Waals surface area (Å²) in [6.07, 6.45) is -0.597. The molecule has 1 atom stereocenters. The van der Waals surface area contributed by atoms with Gasteiger partial charge in [0.15, 0.2) is 0 Å². The lowest BCUT2D eigenvalue weighted by atomic mass is 9.78. The third kappa shape index (κ3) is 3.19. The second kappa shape index (κ2) is 6.90. The van der Waals surface area contributed by atoms with Crippen LogP contribution in [0.25, 0.3) is 0 Å². The van der Waals surface area contributed by atoms with Gasteiger partial charge in [-0.1, -0.05) is 0 Å². The molecule has 0 saturated carbocycles. The molecule has 3 amide bonds. The standard InChI is InChI=1S/C20H21F2N3O5/c21-14-3-11(4-15(22)17(14)13-1-2-16(26)23-18(13)27)24-5-12(6-24)30-19(28)25-7-20(8-25)9-29-10-20/h3-4,12-13H,1-2,5-10H2,(H,23,26,27). The second-order valence-corrected chi connectivity index (χ2v) is 8.59. The molecule has 10 heteroatoms. The summed E-state index contributed by atoms with van der Waals surface area (Å²) in [5.74, 6) is -3.80. The van der Waals surface area contributed by atoms with E-state index in [9.17, 15) is 23.2 Å². The second-order valence-electron chi connectivity index (χ2n) is 8.59. The number of hydrogen-bond acceptors (Lipinski definition) is 6. The molecule has 4 aliphatic rings. The summed E-state index contributed by atoms with van der Waals surface area (Å²) in [4.78, 5) is 38.7. The van der Waals surface area contributed by atoms with Crippen LogP contribution >= 0.6 is 0 Å². The fourth-order valence-electron chi connectivity index (χ4n) is 4.46. The van der Waals surface area contributed by atoms with Crippen molar-refractivity contribution in [2.24, 2.45) is 5.41 Å². The Hall–Kier alpha value is -2.75. The number of benzene rings is 1. The van der Waals surface area contributed by atoms with Gasteiger partial charge < -0.3 is 19.3 Å². The molecule has 4 fully saturated rings. The third-order valence-electron chi connectivity index (χ3n) is 6.26. The van der Waals surface area contributed by atoms with Gasteiger partial charge in [-0.15, -0.1) is 0 Å². The van der Waals surface area contributed by atoms with E-state index in [0.717, 1.165) is 0 Å². The van der Waals surface area contributed by atoms with Crippen molar-refractivity contribution in [2.45, 2.75) is 24.9 Å². The number of rotatable bonds is 3. The predicted octanol–water partition coefficient (Wildman–Crippen LogP) is 1.14. The van der Waals surface area contributed by atoms with Crippen molar-refractivity contribution in [1.29, 1.82) is 0 Å². The summed E-state index contributed by atoms with van der Waals surface area (Å²) in [6.45, 7) is 3.32. The Bertz CT molecular complexity index is 898. The lowest BCUT2D eigenvalue weighted by Gasteiger charge is -2.54. The van der Waals surface area contributed by atoms with E-state index in [2.05, 4.69) is 5.32 Å². The van der Waals surface area contributed by atoms with Crippen molar-refractivity contribution in [3.05, 3.63) is 29.3 Å². The first-order valence-electron chi connectivity index (χ1n) is 9.94. The first kappa shape index (κ1) is 19.2. The summed E-state index contributed by atoms with van der Waals surface area (Å²) in [7, 11) is 0. The zero-order valence-electron chi connectivity index (χ0n) is 16.2. The average molecular weight is 421 g/mol. The SMILES string of the molecule is O=C1CCC(c2c(F)cc(N3CC(OC(=O)N4CC5(COC5)C4)C3)cc2F)C(=O)N1. The van der Waals surface area contributed by atoms with Gasteiger partial charge in [0, 0.05) is 30.8 Å². The fraction of sp³-hybridized carbons (Fsp3) is 0.550. The van der Waals surface area contributed by atoms with Crippen LogP contribution in [0.5, 0.6) is 0 Å². The van der Waals surface area contributed by atoms with Crippen molar-refractivity contribution in [3.8, 4) is 0 Å². The lowest BCUT2D eigenvalue weighted by molar-refractivity contribution is -0.181. The molecule has 5 rings (SSSR count). The van der Waals surface area contributed by atoms with E-state index in [1.54, 1.807) is 9.80 Å². The summed E-state index contributed by atoms with van der Waals surface area (Å²) in [5.41, 5.74) is 0.117. The van der Waals surface area contributed by atoms with Crippen LogP contribution in [0.2, 0.25) is 0 Å². The van der Waals surface area contributed by atoms with Crippen LogP contribution in [0.1, 0.15) is 24.3 Å². The van der Waals surface area contributed by atoms with Gasteiger partial charge in [-0.2, -0.15) is 0 Å². The van der Waals surface area contributed by atoms with Crippen LogP contribution < -0.4 is 10.2 Å². The number of carbonyl (C=O) groups excluding carboxylic acids is 3. The van der Waals surface area contributed by atoms with Crippen LogP contribution in [0.3, 0.4) is 0 Å². The van der Waals surface area contributed by atoms with Crippen LogP contribution in [-0.2, 0) is 19.1 Å². The van der Waals surface area contributed by atoms with Gasteiger partial charge in [0.25, 0.3) is 0 Å². The van der Waals surface area contributed by atoms with Gasteiger partial charge in [-0.3, -0.25) is 14.9 Å². The smallest absolute Gasteiger partial charge is 0.410 e. The molecule has 0 aromatic heterocycles. The van der Waals surface area contributed by atoms with Crippen molar-refractivity contribution in [2.75, 3.05) is 44.3 Å². The quantitative estimate of drug-likeness (QED) is 0.737. The van der Waals surface area contributed by atoms with E-state index in [4.69, 9.17) is 9.47 Å². The Kier molecular flexibility index (Phi) is 4.42. The zero-order valence-corrected chi connectivity index (χ0v) is 16.2. The number of carbonyl (C=O) groups is 3. The molecule has 0 radical (unpaired) electrons. The molecule has 30 heavy (non-hydrogen) atoms. The molecule has 4 aliphatic heterocycles. The number of amides is 3. The van der Waals surface area contributed by atoms with Crippen molar-refractivity contribution >= 4 is 23.6 Å². The number of ether oxygens (including phenoxy) is 2. The molecular weight excluding hydrogens is 400 g/mol. The Morgan fingerprint density at radius 1 is 1.17 bits per heavy atom. The largest absolute Gasteiger partial charge is 0.442 e. The minimum Gasteiger partial charge on any atom is -0.442 e. The molecule has 1 aromatic rings. The molecule has 1 aromatic carbocycles. The van der Waals surface area contributed by atoms with E-state index < -0.39 is 29.4 Å². The highest BCUT2D eigenvalue weighted by molar-refractivity contribution is 6.01. The van der Waals surface area contributed by atoms with Crippen molar-refractivity contribution in [1.82, 2.24) is 10.2 Å². The molecule has 4 saturated heterocycles. The minimum atomic E-state index is -1.03. The molecule has 1 unspecified atom stereocenters. The first-order valence-corrected chi connectivity index (χ1v) is 9.94. The predicted molar refractivity (Wildman–Crippen MR) is 98.8 cm³/mol. The van der Waals surface area contributed by atoms with Gasteiger partial charge in [0.05, 0.1) is 37.6 Å². The molecule has 4 heterocycles. The number of anilines is 1. The van der Waals surface area contributed by atoms with Crippen LogP contribution in [0, 0.1) is 17.0 Å². The Morgan fingerprint density at radius 2 is 1.83 bits per heavy atom. The van der Waals surface area contributed by atoms with Crippen LogP contribution in [-0.4, -0.2) is 68.3 Å². The van der Waals surface area contributed by atoms with Gasteiger partial charge in [-0.25, -0.2) is 13.6 Å². The van der Waals surface area contributed by atoms with E-state index in [0.29, 0.717) is 45.1 Å². The van der Waals surface area contributed by atoms with Crippen LogP contribution in [0.15, 0.2) is 12.1 Å². The lowest BCUT2D eigenvalue weighted by Crippen LogP contribution is -2.68. The summed E-state index contributed by atoms with van der Waals surface area (Å²) in [5, 5.41) is 2.12. The highest BCUT2D eigenvalue weighted by Gasteiger charge is 2.51. The maximum Gasteiger partial charge on any atom is 0.410 e. The maximum absolute atomic E-state index is 14.6. The number of imide groups is 1. The molecule has 0 aliphatic carbocycles. The van der Waals surface area contributed by atoms with E-state index in [1.807, 2.05) is 0 Å². The molecular formula is C20H21F2N3O5. The minimum absolute atomic E-state index is 0.0430. The topological polar surface area (TPSA) is 88.2 Å². The number of nitrogens with zero attached hydrogens (tertiary/aromatic N) is 2. The van der Waals surface area contributed by atoms with E-state index >= 15 is 0 Å². The molecule has 160 valence electrons. The third-order valence-corrected chi connectivity index (χ3v) is 6.26. The fourth-order valence-corrected chi connectivity index (χ4v) is 4.46. The molecule has 0 bridgehead atoms. The average Bonchev–Trinajstić information content (AvgIpc) is 2.56. The van der Waals surface area contributed by atoms with Crippen LogP contribution in [0.4, 0.5) is 19.3 Å². The van der Waals surface area contributed by atoms with E-state index in [-0.39, 0.29) is 36.0 Å². The number of nitrogens with one attached hydrogen (secondary N) is 1. The summed E-state index contributed by atoms with van der Waals surface area (Å²) >= 11 is 0. The first-order chi connectivity index (χ1) is 14.3. The Morgan fingerprint density at radius 3 is 2.40 bits per heavy atom. The maximum atomic E-state index is 14.6. The van der Waals surface area contributed by atoms with Gasteiger partial charge in [0.1, 0.15) is 17.7 Å². The number of likely N-dealkylation sites (tertiary alicyclic amines) is 1. The molecule has 1 spiro atoms. The van der Waals surface area contributed by atoms with E-state index in [1.165, 1.54) is 12.1 Å². The normalized spacial score (nSPS) is 25.3. The molecule has 8 nitrogen and oxygen atoms in total. The van der Waals surface area contributed by atoms with Gasteiger partial charge in [-0.05, 0) is 18.6 Å². The number of piperidine rings is 1. The monoisotopic (exact) mass is 421 g/mol. The summed E-state index contributed by atoms with van der Waals surface area (Å²) in [6, 6.07) is 2.35. The summed E-state index contributed by atoms with van der Waals surface area (Å²) < 4.78 is 39.9. The Labute approximate surface area is 171 Å². The number of hydrogen-bond donors (Lipinski definition) is 1. The Balaban J connectivity index is 1.18. The van der Waals surface area contributed by atoms with Crippen molar-refractivity contribution in [3.63, 3.8) is 0 Å². The van der Waals surface area contributed by atoms with Gasteiger partial charge in [0.2, 0.25) is 11.8 Å². The number of halogens is 2. The van der Waals surface area contributed by atoms with Crippen molar-refractivity contribution < 1.29 is 32.6 Å². The highest BCUT2D eigenvalue weighted by Crippen LogP contribution is 2.38. The zero-order chi connectivity index (χ0) is 21.0. The molecule has 1 N–H and O–H groups in total. The highest BCUT2D eigenvalue weighted by atomic mass is 19.1. The van der Waals surface area contributed by atoms with Gasteiger partial charge >= 0.3 is 6.09 Å².